The number of ether oxygens (including phenoxy) is 2. The van der Waals surface area contributed by atoms with Gasteiger partial charge in [-0.05, 0) is 67.8 Å². The molecule has 0 spiro atoms. The van der Waals surface area contributed by atoms with Crippen LogP contribution in [0.5, 0.6) is 11.5 Å². The zero-order chi connectivity index (χ0) is 24.5. The number of methoxy groups -OCH3 is 1. The number of esters is 1. The lowest BCUT2D eigenvalue weighted by Crippen LogP contribution is -2.08. The third-order valence-corrected chi connectivity index (χ3v) is 7.29. The number of aromatic amines is 1. The Labute approximate surface area is 212 Å². The first kappa shape index (κ1) is 24.8. The predicted molar refractivity (Wildman–Crippen MR) is 141 cm³/mol. The van der Waals surface area contributed by atoms with Gasteiger partial charge in [0.05, 0.1) is 12.8 Å². The van der Waals surface area contributed by atoms with Crippen molar-refractivity contribution >= 4 is 29.1 Å². The van der Waals surface area contributed by atoms with Gasteiger partial charge in [0.15, 0.2) is 5.16 Å². The molecule has 2 aromatic heterocycles. The summed E-state index contributed by atoms with van der Waals surface area (Å²) in [5.41, 5.74) is 1.34. The lowest BCUT2D eigenvalue weighted by atomic mass is 10.1. The second-order valence-corrected chi connectivity index (χ2v) is 10.0. The van der Waals surface area contributed by atoms with Crippen molar-refractivity contribution in [3.05, 3.63) is 92.9 Å². The number of carbonyl (C=O) groups excluding carboxylic acids is 1. The van der Waals surface area contributed by atoms with Gasteiger partial charge in [0.2, 0.25) is 0 Å². The minimum atomic E-state index is -0.280. The zero-order valence-corrected chi connectivity index (χ0v) is 21.0. The summed E-state index contributed by atoms with van der Waals surface area (Å²) in [5.74, 6) is 2.09. The summed E-state index contributed by atoms with van der Waals surface area (Å²) in [5, 5.41) is 0.623. The number of nitrogens with zero attached hydrogens (tertiary/aromatic N) is 1. The lowest BCUT2D eigenvalue weighted by Gasteiger charge is -2.07. The first-order chi connectivity index (χ1) is 17.1. The minimum absolute atomic E-state index is 0.166. The van der Waals surface area contributed by atoms with Crippen LogP contribution in [0.1, 0.15) is 33.8 Å². The molecule has 0 unspecified atom stereocenters. The van der Waals surface area contributed by atoms with Crippen molar-refractivity contribution in [1.29, 1.82) is 0 Å². The molecule has 4 aromatic rings. The molecule has 4 rings (SSSR count). The molecule has 2 aromatic carbocycles. The molecular formula is C27H26N2O4S2. The van der Waals surface area contributed by atoms with Crippen LogP contribution < -0.4 is 10.3 Å². The monoisotopic (exact) mass is 506 g/mol. The second kappa shape index (κ2) is 12.4. The predicted octanol–water partition coefficient (Wildman–Crippen LogP) is 6.58. The van der Waals surface area contributed by atoms with E-state index in [1.807, 2.05) is 66.7 Å². The van der Waals surface area contributed by atoms with Crippen LogP contribution in [0.3, 0.4) is 0 Å². The van der Waals surface area contributed by atoms with E-state index in [4.69, 9.17) is 9.47 Å². The van der Waals surface area contributed by atoms with E-state index in [9.17, 15) is 9.59 Å². The average Bonchev–Trinajstić information content (AvgIpc) is 3.35. The summed E-state index contributed by atoms with van der Waals surface area (Å²) in [6.45, 7) is 0. The average molecular weight is 507 g/mol. The maximum absolute atomic E-state index is 12.2. The van der Waals surface area contributed by atoms with Crippen LogP contribution in [0.4, 0.5) is 0 Å². The number of nitrogens with one attached hydrogen (secondary N) is 1. The summed E-state index contributed by atoms with van der Waals surface area (Å²) in [6, 6.07) is 22.5. The number of H-pyrrole nitrogens is 1. The smallest absolute Gasteiger partial charge is 0.348 e. The second-order valence-electron chi connectivity index (χ2n) is 7.79. The number of para-hydroxylation sites is 1. The van der Waals surface area contributed by atoms with Gasteiger partial charge in [-0.25, -0.2) is 9.78 Å². The van der Waals surface area contributed by atoms with Crippen LogP contribution in [0, 0.1) is 0 Å². The quantitative estimate of drug-likeness (QED) is 0.107. The van der Waals surface area contributed by atoms with Crippen LogP contribution in [0.15, 0.2) is 82.7 Å². The number of aromatic nitrogens is 2. The molecule has 2 heterocycles. The van der Waals surface area contributed by atoms with Crippen molar-refractivity contribution in [1.82, 2.24) is 9.97 Å². The Hall–Kier alpha value is -3.36. The number of hydrogen-bond acceptors (Lipinski definition) is 7. The summed E-state index contributed by atoms with van der Waals surface area (Å²) < 4.78 is 10.6. The summed E-state index contributed by atoms with van der Waals surface area (Å²) in [6.07, 6.45) is 4.06. The molecule has 0 fully saturated rings. The molecule has 0 aliphatic heterocycles. The van der Waals surface area contributed by atoms with E-state index < -0.39 is 0 Å². The number of carbonyl (C=O) groups is 1. The Morgan fingerprint density at radius 1 is 0.971 bits per heavy atom. The van der Waals surface area contributed by atoms with E-state index in [1.54, 1.807) is 11.8 Å². The molecule has 0 amide bonds. The Morgan fingerprint density at radius 2 is 1.74 bits per heavy atom. The molecule has 35 heavy (non-hydrogen) atoms. The molecule has 0 saturated heterocycles. The fourth-order valence-corrected chi connectivity index (χ4v) is 5.28. The molecule has 6 nitrogen and oxygen atoms in total. The first-order valence-corrected chi connectivity index (χ1v) is 13.2. The Balaban J connectivity index is 1.25. The fourth-order valence-electron chi connectivity index (χ4n) is 3.44. The van der Waals surface area contributed by atoms with Gasteiger partial charge in [-0.15, -0.1) is 11.3 Å². The highest BCUT2D eigenvalue weighted by molar-refractivity contribution is 7.99. The molecule has 1 N–H and O–H groups in total. The molecule has 0 aliphatic carbocycles. The van der Waals surface area contributed by atoms with E-state index >= 15 is 0 Å². The molecule has 0 atom stereocenters. The van der Waals surface area contributed by atoms with Gasteiger partial charge in [-0.1, -0.05) is 36.4 Å². The van der Waals surface area contributed by atoms with Gasteiger partial charge in [-0.3, -0.25) is 4.79 Å². The van der Waals surface area contributed by atoms with Gasteiger partial charge in [0.25, 0.3) is 5.56 Å². The fraction of sp³-hybridized carbons (Fsp3) is 0.222. The van der Waals surface area contributed by atoms with Gasteiger partial charge >= 0.3 is 5.97 Å². The topological polar surface area (TPSA) is 81.3 Å². The molecule has 180 valence electrons. The van der Waals surface area contributed by atoms with Crippen LogP contribution >= 0.6 is 23.1 Å². The van der Waals surface area contributed by atoms with Gasteiger partial charge < -0.3 is 14.5 Å². The van der Waals surface area contributed by atoms with E-state index in [1.165, 1.54) is 29.4 Å². The van der Waals surface area contributed by atoms with Gasteiger partial charge in [0.1, 0.15) is 16.4 Å². The Bertz CT molecular complexity index is 1300. The van der Waals surface area contributed by atoms with Crippen LogP contribution in [0.25, 0.3) is 11.3 Å². The van der Waals surface area contributed by atoms with E-state index in [-0.39, 0.29) is 11.5 Å². The SMILES string of the molecule is COC(=O)c1ccc(CCCCCSc2nc(-c3ccc(Oc4ccccc4)cc3)cc(=O)[nH]2)s1. The highest BCUT2D eigenvalue weighted by Gasteiger charge is 2.09. The molecule has 8 heteroatoms. The zero-order valence-electron chi connectivity index (χ0n) is 19.4. The molecule has 0 bridgehead atoms. The van der Waals surface area contributed by atoms with Crippen molar-refractivity contribution < 1.29 is 14.3 Å². The largest absolute Gasteiger partial charge is 0.465 e. The Morgan fingerprint density at radius 3 is 2.51 bits per heavy atom. The lowest BCUT2D eigenvalue weighted by molar-refractivity contribution is 0.0606. The van der Waals surface area contributed by atoms with Crippen LogP contribution in [-0.4, -0.2) is 28.8 Å². The van der Waals surface area contributed by atoms with Crippen LogP contribution in [-0.2, 0) is 11.2 Å². The number of benzene rings is 2. The van der Waals surface area contributed by atoms with Crippen molar-refractivity contribution in [2.45, 2.75) is 30.8 Å². The normalized spacial score (nSPS) is 10.8. The third-order valence-electron chi connectivity index (χ3n) is 5.20. The number of unbranched alkanes of at least 4 members (excludes halogenated alkanes) is 2. The van der Waals surface area contributed by atoms with Crippen molar-refractivity contribution in [3.8, 4) is 22.8 Å². The maximum atomic E-state index is 12.2. The maximum Gasteiger partial charge on any atom is 0.348 e. The summed E-state index contributed by atoms with van der Waals surface area (Å²) in [4.78, 5) is 33.0. The van der Waals surface area contributed by atoms with E-state index in [0.717, 1.165) is 48.5 Å². The standard InChI is InChI=1S/C27H26N2O4S2/c1-32-26(31)24-16-15-22(35-24)10-6-3-7-17-34-27-28-23(18-25(30)29-27)19-11-13-21(14-12-19)33-20-8-4-2-5-9-20/h2,4-5,8-9,11-16,18H,3,6-7,10,17H2,1H3,(H,28,29,30). The molecule has 0 saturated carbocycles. The van der Waals surface area contributed by atoms with Crippen molar-refractivity contribution in [2.24, 2.45) is 0 Å². The summed E-state index contributed by atoms with van der Waals surface area (Å²) in [7, 11) is 1.40. The number of rotatable bonds is 11. The number of thioether (sulfide) groups is 1. The van der Waals surface area contributed by atoms with Crippen molar-refractivity contribution in [3.63, 3.8) is 0 Å². The highest BCUT2D eigenvalue weighted by atomic mass is 32.2. The minimum Gasteiger partial charge on any atom is -0.465 e. The Kier molecular flexibility index (Phi) is 8.75. The van der Waals surface area contributed by atoms with Gasteiger partial charge in [0, 0.05) is 22.3 Å². The number of thiophene rings is 1. The molecular weight excluding hydrogens is 480 g/mol. The van der Waals surface area contributed by atoms with Crippen molar-refractivity contribution in [2.75, 3.05) is 12.9 Å². The van der Waals surface area contributed by atoms with E-state index in [2.05, 4.69) is 9.97 Å². The molecule has 0 aliphatic rings. The number of hydrogen-bond donors (Lipinski definition) is 1. The third kappa shape index (κ3) is 7.31. The highest BCUT2D eigenvalue weighted by Crippen LogP contribution is 2.26. The van der Waals surface area contributed by atoms with E-state index in [0.29, 0.717) is 15.7 Å². The van der Waals surface area contributed by atoms with Gasteiger partial charge in [-0.2, -0.15) is 0 Å². The summed E-state index contributed by atoms with van der Waals surface area (Å²) >= 11 is 3.05. The first-order valence-electron chi connectivity index (χ1n) is 11.4. The molecule has 0 radical (unpaired) electrons. The van der Waals surface area contributed by atoms with Crippen LogP contribution in [0.2, 0.25) is 0 Å². The number of aryl methyl sites for hydroxylation is 1.